The molecule has 28 heavy (non-hydrogen) atoms. The van der Waals surface area contributed by atoms with Crippen LogP contribution in [0.25, 0.3) is 0 Å². The minimum absolute atomic E-state index is 0.0439. The van der Waals surface area contributed by atoms with E-state index in [9.17, 15) is 9.59 Å². The number of aryl methyl sites for hydroxylation is 1. The second kappa shape index (κ2) is 9.98. The SMILES string of the molecule is COCCNC(=O)c1cn(C2CCCN(C(=O)CCc3ccccc3)C2)nn1. The number of aromatic nitrogens is 3. The predicted molar refractivity (Wildman–Crippen MR) is 104 cm³/mol. The van der Waals surface area contributed by atoms with Crippen molar-refractivity contribution in [1.29, 1.82) is 0 Å². The zero-order chi connectivity index (χ0) is 19.8. The van der Waals surface area contributed by atoms with Gasteiger partial charge in [0, 0.05) is 33.2 Å². The van der Waals surface area contributed by atoms with E-state index >= 15 is 0 Å². The number of methoxy groups -OCH3 is 1. The van der Waals surface area contributed by atoms with Crippen molar-refractivity contribution in [2.75, 3.05) is 33.4 Å². The molecule has 1 aliphatic rings. The zero-order valence-electron chi connectivity index (χ0n) is 16.2. The van der Waals surface area contributed by atoms with Gasteiger partial charge >= 0.3 is 0 Å². The van der Waals surface area contributed by atoms with Crippen molar-refractivity contribution >= 4 is 11.8 Å². The summed E-state index contributed by atoms with van der Waals surface area (Å²) in [7, 11) is 1.58. The molecule has 1 aromatic heterocycles. The smallest absolute Gasteiger partial charge is 0.273 e. The highest BCUT2D eigenvalue weighted by atomic mass is 16.5. The van der Waals surface area contributed by atoms with Crippen molar-refractivity contribution in [2.24, 2.45) is 0 Å². The number of benzene rings is 1. The van der Waals surface area contributed by atoms with Gasteiger partial charge < -0.3 is 15.0 Å². The Labute approximate surface area is 164 Å². The maximum Gasteiger partial charge on any atom is 0.273 e. The number of rotatable bonds is 8. The second-order valence-electron chi connectivity index (χ2n) is 6.95. The lowest BCUT2D eigenvalue weighted by Gasteiger charge is -2.32. The molecule has 1 atom stereocenters. The molecule has 2 heterocycles. The lowest BCUT2D eigenvalue weighted by Crippen LogP contribution is -2.41. The molecule has 1 N–H and O–H groups in total. The topological polar surface area (TPSA) is 89.4 Å². The standard InChI is InChI=1S/C20H27N5O3/c1-28-13-11-21-20(27)18-15-25(23-22-18)17-8-5-12-24(14-17)19(26)10-9-16-6-3-2-4-7-16/h2-4,6-7,15,17H,5,8-14H2,1H3,(H,21,27). The molecule has 2 aromatic rings. The average Bonchev–Trinajstić information content (AvgIpc) is 3.23. The van der Waals surface area contributed by atoms with E-state index in [0.29, 0.717) is 26.1 Å². The van der Waals surface area contributed by atoms with Gasteiger partial charge in [0.25, 0.3) is 5.91 Å². The van der Waals surface area contributed by atoms with Crippen LogP contribution in [0.3, 0.4) is 0 Å². The number of nitrogens with zero attached hydrogens (tertiary/aromatic N) is 4. The van der Waals surface area contributed by atoms with Crippen LogP contribution in [0.1, 0.15) is 41.4 Å². The summed E-state index contributed by atoms with van der Waals surface area (Å²) in [4.78, 5) is 26.6. The van der Waals surface area contributed by atoms with Crippen molar-refractivity contribution in [3.63, 3.8) is 0 Å². The molecule has 0 bridgehead atoms. The molecule has 0 aliphatic carbocycles. The van der Waals surface area contributed by atoms with Crippen LogP contribution >= 0.6 is 0 Å². The number of ether oxygens (including phenoxy) is 1. The Balaban J connectivity index is 1.53. The van der Waals surface area contributed by atoms with E-state index in [1.54, 1.807) is 18.0 Å². The summed E-state index contributed by atoms with van der Waals surface area (Å²) in [6.45, 7) is 2.24. The summed E-state index contributed by atoms with van der Waals surface area (Å²) in [6, 6.07) is 10.1. The highest BCUT2D eigenvalue weighted by Crippen LogP contribution is 2.21. The van der Waals surface area contributed by atoms with Crippen molar-refractivity contribution in [3.8, 4) is 0 Å². The number of carbonyl (C=O) groups excluding carboxylic acids is 2. The number of nitrogens with one attached hydrogen (secondary N) is 1. The van der Waals surface area contributed by atoms with Gasteiger partial charge in [0.05, 0.1) is 18.8 Å². The molecule has 2 amide bonds. The van der Waals surface area contributed by atoms with Crippen LogP contribution in [0.5, 0.6) is 0 Å². The fraction of sp³-hybridized carbons (Fsp3) is 0.500. The van der Waals surface area contributed by atoms with E-state index < -0.39 is 0 Å². The van der Waals surface area contributed by atoms with Gasteiger partial charge in [0.2, 0.25) is 5.91 Å². The largest absolute Gasteiger partial charge is 0.383 e. The van der Waals surface area contributed by atoms with Gasteiger partial charge in [-0.25, -0.2) is 4.68 Å². The second-order valence-corrected chi connectivity index (χ2v) is 6.95. The Morgan fingerprint density at radius 2 is 2.11 bits per heavy atom. The summed E-state index contributed by atoms with van der Waals surface area (Å²) in [5, 5.41) is 10.8. The van der Waals surface area contributed by atoms with E-state index in [4.69, 9.17) is 4.74 Å². The lowest BCUT2D eigenvalue weighted by atomic mass is 10.0. The molecule has 0 radical (unpaired) electrons. The van der Waals surface area contributed by atoms with Gasteiger partial charge in [-0.15, -0.1) is 5.10 Å². The predicted octanol–water partition coefficient (Wildman–Crippen LogP) is 1.45. The minimum Gasteiger partial charge on any atom is -0.383 e. The molecule has 1 aliphatic heterocycles. The molecular formula is C20H27N5O3. The molecule has 0 saturated carbocycles. The maximum absolute atomic E-state index is 12.6. The Bertz CT molecular complexity index is 777. The number of hydrogen-bond acceptors (Lipinski definition) is 5. The van der Waals surface area contributed by atoms with Crippen LogP contribution in [-0.4, -0.2) is 65.1 Å². The molecule has 1 fully saturated rings. The maximum atomic E-state index is 12.6. The molecule has 8 nitrogen and oxygen atoms in total. The summed E-state index contributed by atoms with van der Waals surface area (Å²) in [6.07, 6.45) is 4.73. The molecule has 1 aromatic carbocycles. The molecule has 150 valence electrons. The third-order valence-electron chi connectivity index (χ3n) is 4.93. The van der Waals surface area contributed by atoms with E-state index in [-0.39, 0.29) is 23.6 Å². The first-order chi connectivity index (χ1) is 13.7. The van der Waals surface area contributed by atoms with Crippen LogP contribution in [0.15, 0.2) is 36.5 Å². The molecule has 0 spiro atoms. The number of likely N-dealkylation sites (tertiary alicyclic amines) is 1. The highest BCUT2D eigenvalue weighted by Gasteiger charge is 2.26. The monoisotopic (exact) mass is 385 g/mol. The van der Waals surface area contributed by atoms with Gasteiger partial charge in [0.15, 0.2) is 5.69 Å². The molecule has 3 rings (SSSR count). The quantitative estimate of drug-likeness (QED) is 0.695. The van der Waals surface area contributed by atoms with E-state index in [0.717, 1.165) is 25.8 Å². The first-order valence-electron chi connectivity index (χ1n) is 9.68. The van der Waals surface area contributed by atoms with Crippen LogP contribution in [-0.2, 0) is 16.0 Å². The van der Waals surface area contributed by atoms with Crippen molar-refractivity contribution < 1.29 is 14.3 Å². The Morgan fingerprint density at radius 1 is 1.29 bits per heavy atom. The minimum atomic E-state index is -0.269. The van der Waals surface area contributed by atoms with Gasteiger partial charge in [-0.3, -0.25) is 9.59 Å². The summed E-state index contributed by atoms with van der Waals surface area (Å²) < 4.78 is 6.63. The van der Waals surface area contributed by atoms with E-state index in [1.807, 2.05) is 35.2 Å². The third kappa shape index (κ3) is 5.39. The van der Waals surface area contributed by atoms with Crippen molar-refractivity contribution in [3.05, 3.63) is 47.8 Å². The summed E-state index contributed by atoms with van der Waals surface area (Å²) in [5.41, 5.74) is 1.45. The first kappa shape index (κ1) is 20.0. The number of hydrogen-bond donors (Lipinski definition) is 1. The average molecular weight is 385 g/mol. The van der Waals surface area contributed by atoms with Crippen LogP contribution < -0.4 is 5.32 Å². The highest BCUT2D eigenvalue weighted by molar-refractivity contribution is 5.91. The fourth-order valence-electron chi connectivity index (χ4n) is 3.37. The van der Waals surface area contributed by atoms with Crippen LogP contribution in [0, 0.1) is 0 Å². The zero-order valence-corrected chi connectivity index (χ0v) is 16.2. The van der Waals surface area contributed by atoms with Crippen LogP contribution in [0.4, 0.5) is 0 Å². The van der Waals surface area contributed by atoms with E-state index in [1.165, 1.54) is 5.56 Å². The Hall–Kier alpha value is -2.74. The Kier molecular flexibility index (Phi) is 7.13. The first-order valence-corrected chi connectivity index (χ1v) is 9.68. The fourth-order valence-corrected chi connectivity index (χ4v) is 3.37. The van der Waals surface area contributed by atoms with Gasteiger partial charge in [-0.05, 0) is 24.8 Å². The number of amides is 2. The molecule has 8 heteroatoms. The number of carbonyl (C=O) groups is 2. The summed E-state index contributed by atoms with van der Waals surface area (Å²) >= 11 is 0. The normalized spacial score (nSPS) is 16.8. The number of piperidine rings is 1. The van der Waals surface area contributed by atoms with Crippen LogP contribution in [0.2, 0.25) is 0 Å². The van der Waals surface area contributed by atoms with Crippen molar-refractivity contribution in [1.82, 2.24) is 25.2 Å². The van der Waals surface area contributed by atoms with Crippen molar-refractivity contribution in [2.45, 2.75) is 31.7 Å². The lowest BCUT2D eigenvalue weighted by molar-refractivity contribution is -0.132. The third-order valence-corrected chi connectivity index (χ3v) is 4.93. The molecule has 1 saturated heterocycles. The van der Waals surface area contributed by atoms with Gasteiger partial charge in [0.1, 0.15) is 0 Å². The Morgan fingerprint density at radius 3 is 2.89 bits per heavy atom. The summed E-state index contributed by atoms with van der Waals surface area (Å²) in [5.74, 6) is -0.110. The van der Waals surface area contributed by atoms with E-state index in [2.05, 4.69) is 15.6 Å². The molecular weight excluding hydrogens is 358 g/mol. The van der Waals surface area contributed by atoms with Gasteiger partial charge in [-0.1, -0.05) is 35.5 Å². The molecule has 1 unspecified atom stereocenters. The van der Waals surface area contributed by atoms with Gasteiger partial charge in [-0.2, -0.15) is 0 Å².